The Morgan fingerprint density at radius 3 is 2.24 bits per heavy atom. The van der Waals surface area contributed by atoms with E-state index < -0.39 is 18.5 Å². The van der Waals surface area contributed by atoms with Crippen molar-refractivity contribution in [3.8, 4) is 6.07 Å². The number of hydrogen-bond donors (Lipinski definition) is 1. The maximum Gasteiger partial charge on any atom is 0.349 e. The van der Waals surface area contributed by atoms with Crippen molar-refractivity contribution in [3.63, 3.8) is 0 Å². The number of carbonyl (C=O) groups is 2. The van der Waals surface area contributed by atoms with Crippen LogP contribution in [0.15, 0.2) is 54.1 Å². The summed E-state index contributed by atoms with van der Waals surface area (Å²) >= 11 is 0. The molecule has 0 saturated heterocycles. The largest absolute Gasteiger partial charge is 0.451 e. The molecule has 0 aromatic heterocycles. The minimum absolute atomic E-state index is 0.162. The van der Waals surface area contributed by atoms with E-state index in [9.17, 15) is 14.9 Å². The van der Waals surface area contributed by atoms with E-state index >= 15 is 0 Å². The number of hydrogen-bond acceptors (Lipinski definition) is 5. The van der Waals surface area contributed by atoms with Gasteiger partial charge in [0.1, 0.15) is 11.6 Å². The van der Waals surface area contributed by atoms with Gasteiger partial charge in [0.2, 0.25) is 0 Å². The fourth-order valence-corrected chi connectivity index (χ4v) is 2.53. The minimum Gasteiger partial charge on any atom is -0.451 e. The first-order valence-electron chi connectivity index (χ1n) is 9.26. The van der Waals surface area contributed by atoms with E-state index in [4.69, 9.17) is 4.74 Å². The molecule has 0 atom stereocenters. The number of nitrogens with zero attached hydrogens (tertiary/aromatic N) is 2. The minimum atomic E-state index is -0.835. The molecule has 2 aromatic rings. The summed E-state index contributed by atoms with van der Waals surface area (Å²) < 4.78 is 4.98. The van der Waals surface area contributed by atoms with Crippen molar-refractivity contribution in [1.82, 2.24) is 0 Å². The molecule has 29 heavy (non-hydrogen) atoms. The van der Waals surface area contributed by atoms with Gasteiger partial charge < -0.3 is 15.0 Å². The van der Waals surface area contributed by atoms with E-state index in [1.165, 1.54) is 11.6 Å². The fraction of sp³-hybridized carbons (Fsp3) is 0.261. The van der Waals surface area contributed by atoms with Crippen molar-refractivity contribution < 1.29 is 14.3 Å². The molecule has 0 aliphatic rings. The summed E-state index contributed by atoms with van der Waals surface area (Å²) in [5, 5.41) is 11.9. The summed E-state index contributed by atoms with van der Waals surface area (Å²) in [5.41, 5.74) is 3.31. The zero-order chi connectivity index (χ0) is 21.4. The summed E-state index contributed by atoms with van der Waals surface area (Å²) in [6, 6.07) is 16.7. The number of esters is 1. The Labute approximate surface area is 171 Å². The number of rotatable bonds is 7. The zero-order valence-corrected chi connectivity index (χ0v) is 17.1. The maximum atomic E-state index is 12.1. The summed E-state index contributed by atoms with van der Waals surface area (Å²) in [4.78, 5) is 26.1. The first-order chi connectivity index (χ1) is 13.8. The molecule has 150 valence electrons. The van der Waals surface area contributed by atoms with Crippen LogP contribution in [-0.2, 0) is 14.3 Å². The van der Waals surface area contributed by atoms with Crippen molar-refractivity contribution >= 4 is 29.3 Å². The lowest BCUT2D eigenvalue weighted by molar-refractivity contribution is -0.142. The molecule has 1 amide bonds. The van der Waals surface area contributed by atoms with Gasteiger partial charge in [-0.05, 0) is 47.4 Å². The Morgan fingerprint density at radius 2 is 1.72 bits per heavy atom. The van der Waals surface area contributed by atoms with Crippen LogP contribution in [0.3, 0.4) is 0 Å². The predicted octanol–water partition coefficient (Wildman–Crippen LogP) is 3.96. The first kappa shape index (κ1) is 21.7. The Balaban J connectivity index is 1.93. The van der Waals surface area contributed by atoms with Gasteiger partial charge in [-0.3, -0.25) is 4.79 Å². The lowest BCUT2D eigenvalue weighted by atomic mass is 10.0. The van der Waals surface area contributed by atoms with Crippen molar-refractivity contribution in [2.75, 3.05) is 30.9 Å². The molecule has 0 fully saturated rings. The van der Waals surface area contributed by atoms with Crippen molar-refractivity contribution in [1.29, 1.82) is 5.26 Å². The third-order valence-electron chi connectivity index (χ3n) is 4.26. The average molecular weight is 391 g/mol. The van der Waals surface area contributed by atoms with Gasteiger partial charge in [-0.2, -0.15) is 5.26 Å². The molecule has 0 radical (unpaired) electrons. The monoisotopic (exact) mass is 391 g/mol. The summed E-state index contributed by atoms with van der Waals surface area (Å²) in [7, 11) is 3.85. The molecule has 6 heteroatoms. The van der Waals surface area contributed by atoms with Crippen molar-refractivity contribution in [2.24, 2.45) is 0 Å². The van der Waals surface area contributed by atoms with Gasteiger partial charge in [0, 0.05) is 25.5 Å². The van der Waals surface area contributed by atoms with Gasteiger partial charge in [-0.15, -0.1) is 0 Å². The maximum absolute atomic E-state index is 12.1. The molecule has 0 heterocycles. The molecule has 0 unspecified atom stereocenters. The second-order valence-electron chi connectivity index (χ2n) is 7.06. The van der Waals surface area contributed by atoms with E-state index in [1.807, 2.05) is 61.5 Å². The second kappa shape index (κ2) is 10.1. The Morgan fingerprint density at radius 1 is 1.10 bits per heavy atom. The van der Waals surface area contributed by atoms with Crippen LogP contribution < -0.4 is 10.2 Å². The molecular weight excluding hydrogens is 366 g/mol. The lowest BCUT2D eigenvalue weighted by Gasteiger charge is -2.13. The highest BCUT2D eigenvalue weighted by Crippen LogP contribution is 2.17. The number of carbonyl (C=O) groups excluding carboxylic acids is 2. The third kappa shape index (κ3) is 6.51. The highest BCUT2D eigenvalue weighted by atomic mass is 16.5. The number of benzene rings is 2. The zero-order valence-electron chi connectivity index (χ0n) is 17.1. The average Bonchev–Trinajstić information content (AvgIpc) is 2.71. The molecule has 0 bridgehead atoms. The van der Waals surface area contributed by atoms with Crippen LogP contribution >= 0.6 is 0 Å². The van der Waals surface area contributed by atoms with Gasteiger partial charge >= 0.3 is 5.97 Å². The predicted molar refractivity (Wildman–Crippen MR) is 114 cm³/mol. The quantitative estimate of drug-likeness (QED) is 0.439. The highest BCUT2D eigenvalue weighted by Gasteiger charge is 2.13. The molecule has 0 saturated carbocycles. The summed E-state index contributed by atoms with van der Waals surface area (Å²) in [5.74, 6) is -0.917. The molecule has 2 aromatic carbocycles. The normalized spacial score (nSPS) is 11.0. The van der Waals surface area contributed by atoms with Crippen LogP contribution in [-0.4, -0.2) is 32.6 Å². The molecule has 0 aliphatic carbocycles. The van der Waals surface area contributed by atoms with Gasteiger partial charge in [0.15, 0.2) is 6.61 Å². The number of anilines is 2. The highest BCUT2D eigenvalue weighted by molar-refractivity contribution is 6.00. The molecule has 6 nitrogen and oxygen atoms in total. The summed E-state index contributed by atoms with van der Waals surface area (Å²) in [6.45, 7) is 3.70. The standard InChI is InChI=1S/C23H25N3O3/c1-16(2)18-7-5-17(6-8-18)13-19(14-24)23(28)29-15-22(27)25-20-9-11-21(12-10-20)26(3)4/h5-13,16H,15H2,1-4H3,(H,25,27)/b19-13+. The SMILES string of the molecule is CC(C)c1ccc(/C=C(\C#N)C(=O)OCC(=O)Nc2ccc(N(C)C)cc2)cc1. The van der Waals surface area contributed by atoms with Gasteiger partial charge in [0.05, 0.1) is 0 Å². The van der Waals surface area contributed by atoms with E-state index in [0.29, 0.717) is 17.2 Å². The molecule has 1 N–H and O–H groups in total. The van der Waals surface area contributed by atoms with E-state index in [1.54, 1.807) is 12.1 Å². The van der Waals surface area contributed by atoms with Crippen LogP contribution in [0.1, 0.15) is 30.9 Å². The van der Waals surface area contributed by atoms with Crippen LogP contribution in [0, 0.1) is 11.3 Å². The topological polar surface area (TPSA) is 82.4 Å². The van der Waals surface area contributed by atoms with Crippen LogP contribution in [0.4, 0.5) is 11.4 Å². The Bertz CT molecular complexity index is 921. The Hall–Kier alpha value is -3.59. The lowest BCUT2D eigenvalue weighted by Crippen LogP contribution is -2.21. The van der Waals surface area contributed by atoms with E-state index in [0.717, 1.165) is 5.69 Å². The van der Waals surface area contributed by atoms with E-state index in [-0.39, 0.29) is 5.57 Å². The number of amides is 1. The van der Waals surface area contributed by atoms with Crippen molar-refractivity contribution in [3.05, 3.63) is 65.2 Å². The first-order valence-corrected chi connectivity index (χ1v) is 9.26. The smallest absolute Gasteiger partial charge is 0.349 e. The van der Waals surface area contributed by atoms with Gasteiger partial charge in [-0.25, -0.2) is 4.79 Å². The molecule has 2 rings (SSSR count). The summed E-state index contributed by atoms with van der Waals surface area (Å²) in [6.07, 6.45) is 1.45. The van der Waals surface area contributed by atoms with Crippen LogP contribution in [0.5, 0.6) is 0 Å². The number of nitrogens with one attached hydrogen (secondary N) is 1. The number of nitriles is 1. The third-order valence-corrected chi connectivity index (χ3v) is 4.26. The van der Waals surface area contributed by atoms with E-state index in [2.05, 4.69) is 19.2 Å². The molecule has 0 spiro atoms. The fourth-order valence-electron chi connectivity index (χ4n) is 2.53. The molecule has 0 aliphatic heterocycles. The Kier molecular flexibility index (Phi) is 7.55. The number of ether oxygens (including phenoxy) is 1. The second-order valence-corrected chi connectivity index (χ2v) is 7.06. The van der Waals surface area contributed by atoms with Gasteiger partial charge in [0.25, 0.3) is 5.91 Å². The van der Waals surface area contributed by atoms with Crippen LogP contribution in [0.2, 0.25) is 0 Å². The van der Waals surface area contributed by atoms with Crippen molar-refractivity contribution in [2.45, 2.75) is 19.8 Å². The molecular formula is C23H25N3O3. The van der Waals surface area contributed by atoms with Gasteiger partial charge in [-0.1, -0.05) is 38.1 Å². The van der Waals surface area contributed by atoms with Crippen LogP contribution in [0.25, 0.3) is 6.08 Å².